The van der Waals surface area contributed by atoms with Crippen molar-refractivity contribution >= 4 is 26.9 Å². The first-order valence-electron chi connectivity index (χ1n) is 7.20. The number of piperidine rings is 1. The van der Waals surface area contributed by atoms with E-state index in [4.69, 9.17) is 4.42 Å². The highest BCUT2D eigenvalue weighted by Gasteiger charge is 2.17. The second kappa shape index (κ2) is 5.88. The third-order valence-electron chi connectivity index (χ3n) is 3.98. The van der Waals surface area contributed by atoms with Gasteiger partial charge < -0.3 is 9.52 Å². The Morgan fingerprint density at radius 2 is 2.25 bits per heavy atom. The predicted molar refractivity (Wildman–Crippen MR) is 83.5 cm³/mol. The Morgan fingerprint density at radius 3 is 3.00 bits per heavy atom. The first kappa shape index (κ1) is 14.1. The molecule has 3 nitrogen and oxygen atoms in total. The standard InChI is InChI=1S/C16H20BrNO2/c1-11-3-2-4-18(8-11)9-12-5-13-7-14(10-19)20-16(13)15(17)6-12/h5-7,11,19H,2-4,8-10H2,1H3/t11-/m0/s1. The van der Waals surface area contributed by atoms with Crippen molar-refractivity contribution in [3.05, 3.63) is 34.0 Å². The number of fused-ring (bicyclic) bond motifs is 1. The number of rotatable bonds is 3. The number of hydrogen-bond acceptors (Lipinski definition) is 3. The van der Waals surface area contributed by atoms with E-state index in [0.717, 1.165) is 27.9 Å². The van der Waals surface area contributed by atoms with Gasteiger partial charge in [-0.1, -0.05) is 6.92 Å². The van der Waals surface area contributed by atoms with Gasteiger partial charge in [-0.15, -0.1) is 0 Å². The molecule has 0 unspecified atom stereocenters. The summed E-state index contributed by atoms with van der Waals surface area (Å²) in [5, 5.41) is 10.2. The lowest BCUT2D eigenvalue weighted by molar-refractivity contribution is 0.176. The van der Waals surface area contributed by atoms with Gasteiger partial charge in [-0.2, -0.15) is 0 Å². The third kappa shape index (κ3) is 2.92. The van der Waals surface area contributed by atoms with Crippen molar-refractivity contribution in [3.63, 3.8) is 0 Å². The lowest BCUT2D eigenvalue weighted by Gasteiger charge is -2.30. The maximum atomic E-state index is 9.17. The van der Waals surface area contributed by atoms with E-state index in [1.54, 1.807) is 0 Å². The smallest absolute Gasteiger partial charge is 0.148 e. The van der Waals surface area contributed by atoms with Crippen LogP contribution in [0.5, 0.6) is 0 Å². The van der Waals surface area contributed by atoms with E-state index in [1.165, 1.54) is 31.5 Å². The van der Waals surface area contributed by atoms with Gasteiger partial charge in [-0.25, -0.2) is 0 Å². The minimum Gasteiger partial charge on any atom is -0.457 e. The Bertz CT molecular complexity index is 608. The summed E-state index contributed by atoms with van der Waals surface area (Å²) in [5.74, 6) is 1.41. The zero-order valence-corrected chi connectivity index (χ0v) is 13.3. The summed E-state index contributed by atoms with van der Waals surface area (Å²) >= 11 is 3.57. The fraction of sp³-hybridized carbons (Fsp3) is 0.500. The summed E-state index contributed by atoms with van der Waals surface area (Å²) in [6, 6.07) is 6.22. The van der Waals surface area contributed by atoms with Crippen molar-refractivity contribution in [1.29, 1.82) is 0 Å². The highest BCUT2D eigenvalue weighted by Crippen LogP contribution is 2.30. The van der Waals surface area contributed by atoms with E-state index in [-0.39, 0.29) is 6.61 Å². The summed E-state index contributed by atoms with van der Waals surface area (Å²) in [6.45, 7) is 5.63. The lowest BCUT2D eigenvalue weighted by Crippen LogP contribution is -2.33. The minimum absolute atomic E-state index is 0.0555. The normalized spacial score (nSPS) is 20.6. The number of aliphatic hydroxyl groups excluding tert-OH is 1. The summed E-state index contributed by atoms with van der Waals surface area (Å²) in [7, 11) is 0. The largest absolute Gasteiger partial charge is 0.457 e. The number of furan rings is 1. The van der Waals surface area contributed by atoms with Crippen LogP contribution >= 0.6 is 15.9 Å². The number of nitrogens with zero attached hydrogens (tertiary/aromatic N) is 1. The fourth-order valence-corrected chi connectivity index (χ4v) is 3.68. The molecule has 1 atom stereocenters. The van der Waals surface area contributed by atoms with Crippen LogP contribution < -0.4 is 0 Å². The van der Waals surface area contributed by atoms with Gasteiger partial charge in [0.1, 0.15) is 18.0 Å². The Morgan fingerprint density at radius 1 is 1.40 bits per heavy atom. The molecule has 1 aromatic heterocycles. The molecule has 0 aliphatic carbocycles. The van der Waals surface area contributed by atoms with Crippen molar-refractivity contribution in [2.45, 2.75) is 32.9 Å². The van der Waals surface area contributed by atoms with Crippen LogP contribution in [0.2, 0.25) is 0 Å². The molecule has 0 spiro atoms. The average Bonchev–Trinajstić information content (AvgIpc) is 2.82. The second-order valence-corrected chi connectivity index (χ2v) is 6.70. The van der Waals surface area contributed by atoms with Gasteiger partial charge in [0.25, 0.3) is 0 Å². The molecular formula is C16H20BrNO2. The number of benzene rings is 1. The Kier molecular flexibility index (Phi) is 4.15. The van der Waals surface area contributed by atoms with E-state index in [1.807, 2.05) is 6.07 Å². The molecule has 108 valence electrons. The van der Waals surface area contributed by atoms with Crippen molar-refractivity contribution < 1.29 is 9.52 Å². The second-order valence-electron chi connectivity index (χ2n) is 5.85. The van der Waals surface area contributed by atoms with Crippen LogP contribution in [0.15, 0.2) is 27.1 Å². The van der Waals surface area contributed by atoms with Gasteiger partial charge in [0.2, 0.25) is 0 Å². The summed E-state index contributed by atoms with van der Waals surface area (Å²) in [4.78, 5) is 2.52. The van der Waals surface area contributed by atoms with Crippen LogP contribution in [0, 0.1) is 5.92 Å². The summed E-state index contributed by atoms with van der Waals surface area (Å²) < 4.78 is 6.57. The SMILES string of the molecule is C[C@H]1CCCN(Cc2cc(Br)c3oc(CO)cc3c2)C1. The molecule has 1 N–H and O–H groups in total. The van der Waals surface area contributed by atoms with Gasteiger partial charge in [0, 0.05) is 18.5 Å². The van der Waals surface area contributed by atoms with Crippen LogP contribution in [0.3, 0.4) is 0 Å². The molecule has 1 aliphatic heterocycles. The molecule has 2 aromatic rings. The van der Waals surface area contributed by atoms with Crippen molar-refractivity contribution in [2.24, 2.45) is 5.92 Å². The molecule has 3 rings (SSSR count). The number of likely N-dealkylation sites (tertiary alicyclic amines) is 1. The molecule has 0 saturated carbocycles. The molecule has 20 heavy (non-hydrogen) atoms. The molecule has 1 fully saturated rings. The average molecular weight is 338 g/mol. The molecule has 2 heterocycles. The predicted octanol–water partition coefficient (Wildman–Crippen LogP) is 3.92. The van der Waals surface area contributed by atoms with Crippen LogP contribution in [-0.2, 0) is 13.2 Å². The molecule has 1 aliphatic rings. The van der Waals surface area contributed by atoms with Gasteiger partial charge in [-0.3, -0.25) is 4.90 Å². The minimum atomic E-state index is -0.0555. The first-order valence-corrected chi connectivity index (χ1v) is 7.99. The summed E-state index contributed by atoms with van der Waals surface area (Å²) in [6.07, 6.45) is 2.64. The molecule has 1 aromatic carbocycles. The Balaban J connectivity index is 1.84. The van der Waals surface area contributed by atoms with Crippen molar-refractivity contribution in [2.75, 3.05) is 13.1 Å². The van der Waals surface area contributed by atoms with Crippen LogP contribution in [0.1, 0.15) is 31.1 Å². The van der Waals surface area contributed by atoms with Gasteiger partial charge in [-0.05, 0) is 65.0 Å². The van der Waals surface area contributed by atoms with Crippen LogP contribution in [-0.4, -0.2) is 23.1 Å². The summed E-state index contributed by atoms with van der Waals surface area (Å²) in [5.41, 5.74) is 2.12. The number of halogens is 1. The third-order valence-corrected chi connectivity index (χ3v) is 4.57. The van der Waals surface area contributed by atoms with Crippen molar-refractivity contribution in [3.8, 4) is 0 Å². The van der Waals surface area contributed by atoms with Gasteiger partial charge >= 0.3 is 0 Å². The maximum Gasteiger partial charge on any atom is 0.148 e. The Hall–Kier alpha value is -0.840. The fourth-order valence-electron chi connectivity index (χ4n) is 3.08. The molecule has 0 bridgehead atoms. The van der Waals surface area contributed by atoms with E-state index >= 15 is 0 Å². The lowest BCUT2D eigenvalue weighted by atomic mass is 9.99. The zero-order valence-electron chi connectivity index (χ0n) is 11.7. The first-order chi connectivity index (χ1) is 9.65. The highest BCUT2D eigenvalue weighted by molar-refractivity contribution is 9.10. The molecular weight excluding hydrogens is 318 g/mol. The maximum absolute atomic E-state index is 9.17. The van der Waals surface area contributed by atoms with Crippen LogP contribution in [0.25, 0.3) is 11.0 Å². The van der Waals surface area contributed by atoms with Crippen molar-refractivity contribution in [1.82, 2.24) is 4.90 Å². The molecule has 4 heteroatoms. The van der Waals surface area contributed by atoms with Gasteiger partial charge in [0.15, 0.2) is 0 Å². The number of hydrogen-bond donors (Lipinski definition) is 1. The zero-order chi connectivity index (χ0) is 14.1. The molecule has 0 amide bonds. The van der Waals surface area contributed by atoms with Crippen LogP contribution in [0.4, 0.5) is 0 Å². The quantitative estimate of drug-likeness (QED) is 0.922. The Labute approximate surface area is 127 Å². The van der Waals surface area contributed by atoms with E-state index in [2.05, 4.69) is 39.9 Å². The molecule has 0 radical (unpaired) electrons. The monoisotopic (exact) mass is 337 g/mol. The van der Waals surface area contributed by atoms with E-state index < -0.39 is 0 Å². The van der Waals surface area contributed by atoms with Gasteiger partial charge in [0.05, 0.1) is 4.47 Å². The number of aliphatic hydroxyl groups is 1. The topological polar surface area (TPSA) is 36.6 Å². The van der Waals surface area contributed by atoms with E-state index in [0.29, 0.717) is 5.76 Å². The highest BCUT2D eigenvalue weighted by atomic mass is 79.9. The molecule has 1 saturated heterocycles. The van der Waals surface area contributed by atoms with E-state index in [9.17, 15) is 5.11 Å².